The van der Waals surface area contributed by atoms with Crippen molar-refractivity contribution in [2.75, 3.05) is 5.32 Å². The summed E-state index contributed by atoms with van der Waals surface area (Å²) in [6, 6.07) is 1.80. The van der Waals surface area contributed by atoms with Crippen LogP contribution in [0.2, 0.25) is 0 Å². The molecule has 2 heterocycles. The Hall–Kier alpha value is -2.38. The molecule has 0 amide bonds. The number of nitrogens with zero attached hydrogens (tertiary/aromatic N) is 4. The third kappa shape index (κ3) is 2.56. The van der Waals surface area contributed by atoms with Gasteiger partial charge in [0.1, 0.15) is 5.69 Å². The molecule has 0 aromatic carbocycles. The summed E-state index contributed by atoms with van der Waals surface area (Å²) in [5.41, 5.74) is 1.37. The van der Waals surface area contributed by atoms with Gasteiger partial charge in [-0.15, -0.1) is 0 Å². The Labute approximate surface area is 110 Å². The van der Waals surface area contributed by atoms with Crippen molar-refractivity contribution in [3.05, 3.63) is 33.8 Å². The Balaban J connectivity index is 2.30. The van der Waals surface area contributed by atoms with Crippen molar-refractivity contribution in [3.8, 4) is 0 Å². The molecule has 0 bridgehead atoms. The van der Waals surface area contributed by atoms with Crippen molar-refractivity contribution in [2.24, 2.45) is 7.05 Å². The topological polar surface area (TPSA) is 102 Å². The molecule has 0 aliphatic carbocycles. The molecule has 0 aliphatic rings. The van der Waals surface area contributed by atoms with Crippen LogP contribution in [0, 0.1) is 10.1 Å². The van der Waals surface area contributed by atoms with Gasteiger partial charge < -0.3 is 5.32 Å². The molecule has 2 aromatic heterocycles. The summed E-state index contributed by atoms with van der Waals surface area (Å²) in [6.45, 7) is 4.19. The van der Waals surface area contributed by atoms with Gasteiger partial charge in [-0.25, -0.2) is 4.68 Å². The van der Waals surface area contributed by atoms with E-state index in [1.54, 1.807) is 19.3 Å². The standard InChI is InChI=1S/C11H16N6O2/c1-7(2)9-10(17(18)19)11(16(3)15-9)12-6-8-4-5-13-14-8/h4-5,7,12H,6H2,1-3H3,(H,13,14). The zero-order valence-electron chi connectivity index (χ0n) is 11.0. The zero-order chi connectivity index (χ0) is 14.0. The molecule has 8 heteroatoms. The van der Waals surface area contributed by atoms with E-state index in [-0.39, 0.29) is 11.6 Å². The number of rotatable bonds is 5. The first-order valence-corrected chi connectivity index (χ1v) is 5.94. The predicted octanol–water partition coefficient (Wildman–Crippen LogP) is 1.79. The second-order valence-corrected chi connectivity index (χ2v) is 4.55. The molecule has 102 valence electrons. The Bertz CT molecular complexity index is 572. The van der Waals surface area contributed by atoms with Gasteiger partial charge in [-0.1, -0.05) is 13.8 Å². The number of H-pyrrole nitrogens is 1. The van der Waals surface area contributed by atoms with Gasteiger partial charge in [0.05, 0.1) is 17.2 Å². The maximum atomic E-state index is 11.2. The highest BCUT2D eigenvalue weighted by Crippen LogP contribution is 2.32. The molecule has 0 radical (unpaired) electrons. The Morgan fingerprint density at radius 2 is 2.32 bits per heavy atom. The molecular weight excluding hydrogens is 248 g/mol. The van der Waals surface area contributed by atoms with Crippen LogP contribution in [0.3, 0.4) is 0 Å². The van der Waals surface area contributed by atoms with Gasteiger partial charge in [0.2, 0.25) is 5.82 Å². The lowest BCUT2D eigenvalue weighted by Crippen LogP contribution is -2.06. The maximum Gasteiger partial charge on any atom is 0.334 e. The lowest BCUT2D eigenvalue weighted by Gasteiger charge is -2.04. The third-order valence-electron chi connectivity index (χ3n) is 2.78. The monoisotopic (exact) mass is 264 g/mol. The molecule has 0 aliphatic heterocycles. The van der Waals surface area contributed by atoms with Gasteiger partial charge in [0.15, 0.2) is 0 Å². The van der Waals surface area contributed by atoms with Crippen LogP contribution in [-0.2, 0) is 13.6 Å². The van der Waals surface area contributed by atoms with Gasteiger partial charge in [-0.05, 0) is 6.07 Å². The van der Waals surface area contributed by atoms with Crippen LogP contribution < -0.4 is 5.32 Å². The number of anilines is 1. The number of hydrogen-bond acceptors (Lipinski definition) is 5. The van der Waals surface area contributed by atoms with Crippen LogP contribution in [0.4, 0.5) is 11.5 Å². The predicted molar refractivity (Wildman–Crippen MR) is 69.9 cm³/mol. The molecular formula is C11H16N6O2. The molecule has 0 unspecified atom stereocenters. The smallest absolute Gasteiger partial charge is 0.334 e. The summed E-state index contributed by atoms with van der Waals surface area (Å²) in [6.07, 6.45) is 1.63. The van der Waals surface area contributed by atoms with Crippen molar-refractivity contribution in [1.82, 2.24) is 20.0 Å². The van der Waals surface area contributed by atoms with Crippen LogP contribution in [0.25, 0.3) is 0 Å². The van der Waals surface area contributed by atoms with E-state index in [9.17, 15) is 10.1 Å². The highest BCUT2D eigenvalue weighted by molar-refractivity contribution is 5.60. The maximum absolute atomic E-state index is 11.2. The average molecular weight is 264 g/mol. The highest BCUT2D eigenvalue weighted by Gasteiger charge is 2.28. The number of hydrogen-bond donors (Lipinski definition) is 2. The van der Waals surface area contributed by atoms with Gasteiger partial charge in [-0.3, -0.25) is 15.2 Å². The third-order valence-corrected chi connectivity index (χ3v) is 2.78. The van der Waals surface area contributed by atoms with Crippen molar-refractivity contribution < 1.29 is 4.92 Å². The van der Waals surface area contributed by atoms with Crippen molar-refractivity contribution in [1.29, 1.82) is 0 Å². The van der Waals surface area contributed by atoms with Gasteiger partial charge in [0, 0.05) is 19.2 Å². The van der Waals surface area contributed by atoms with Crippen LogP contribution in [0.1, 0.15) is 31.2 Å². The fourth-order valence-electron chi connectivity index (χ4n) is 1.86. The number of aryl methyl sites for hydroxylation is 1. The van der Waals surface area contributed by atoms with E-state index >= 15 is 0 Å². The minimum Gasteiger partial charge on any atom is -0.359 e. The number of nitrogens with one attached hydrogen (secondary N) is 2. The molecule has 0 saturated carbocycles. The molecule has 2 aromatic rings. The van der Waals surface area contributed by atoms with Gasteiger partial charge in [0.25, 0.3) is 0 Å². The van der Waals surface area contributed by atoms with E-state index in [1.807, 2.05) is 13.8 Å². The van der Waals surface area contributed by atoms with Crippen LogP contribution in [0.15, 0.2) is 12.3 Å². The summed E-state index contributed by atoms with van der Waals surface area (Å²) >= 11 is 0. The van der Waals surface area contributed by atoms with Crippen LogP contribution >= 0.6 is 0 Å². The Morgan fingerprint density at radius 1 is 1.58 bits per heavy atom. The first-order chi connectivity index (χ1) is 9.00. The van der Waals surface area contributed by atoms with E-state index < -0.39 is 4.92 Å². The number of aromatic amines is 1. The van der Waals surface area contributed by atoms with E-state index in [1.165, 1.54) is 4.68 Å². The fraction of sp³-hybridized carbons (Fsp3) is 0.455. The molecule has 2 rings (SSSR count). The van der Waals surface area contributed by atoms with Gasteiger partial charge >= 0.3 is 5.69 Å². The normalized spacial score (nSPS) is 10.9. The second-order valence-electron chi connectivity index (χ2n) is 4.55. The Kier molecular flexibility index (Phi) is 3.50. The molecule has 19 heavy (non-hydrogen) atoms. The summed E-state index contributed by atoms with van der Waals surface area (Å²) in [7, 11) is 1.69. The summed E-state index contributed by atoms with van der Waals surface area (Å²) in [5, 5.41) is 25.1. The molecule has 0 spiro atoms. The van der Waals surface area contributed by atoms with E-state index in [2.05, 4.69) is 20.6 Å². The minimum absolute atomic E-state index is 0.00527. The van der Waals surface area contributed by atoms with Crippen molar-refractivity contribution in [2.45, 2.75) is 26.3 Å². The molecule has 0 fully saturated rings. The number of aromatic nitrogens is 4. The van der Waals surface area contributed by atoms with E-state index in [0.717, 1.165) is 5.69 Å². The zero-order valence-corrected chi connectivity index (χ0v) is 11.0. The summed E-state index contributed by atoms with van der Waals surface area (Å²) in [4.78, 5) is 10.8. The van der Waals surface area contributed by atoms with E-state index in [0.29, 0.717) is 18.1 Å². The largest absolute Gasteiger partial charge is 0.359 e. The molecule has 0 atom stereocenters. The SMILES string of the molecule is CC(C)c1nn(C)c(NCc2ccn[nH]2)c1[N+](=O)[O-]. The lowest BCUT2D eigenvalue weighted by molar-refractivity contribution is -0.384. The quantitative estimate of drug-likeness (QED) is 0.633. The van der Waals surface area contributed by atoms with E-state index in [4.69, 9.17) is 0 Å². The first-order valence-electron chi connectivity index (χ1n) is 5.94. The summed E-state index contributed by atoms with van der Waals surface area (Å²) in [5.74, 6) is 0.401. The average Bonchev–Trinajstić information content (AvgIpc) is 2.93. The highest BCUT2D eigenvalue weighted by atomic mass is 16.6. The molecule has 0 saturated heterocycles. The van der Waals surface area contributed by atoms with Crippen LogP contribution in [0.5, 0.6) is 0 Å². The molecule has 2 N–H and O–H groups in total. The Morgan fingerprint density at radius 3 is 2.84 bits per heavy atom. The van der Waals surface area contributed by atoms with Crippen molar-refractivity contribution in [3.63, 3.8) is 0 Å². The lowest BCUT2D eigenvalue weighted by atomic mass is 10.1. The summed E-state index contributed by atoms with van der Waals surface area (Å²) < 4.78 is 1.50. The fourth-order valence-corrected chi connectivity index (χ4v) is 1.86. The first kappa shape index (κ1) is 13.1. The van der Waals surface area contributed by atoms with Crippen LogP contribution in [-0.4, -0.2) is 24.9 Å². The minimum atomic E-state index is -0.391. The van der Waals surface area contributed by atoms with Gasteiger partial charge in [-0.2, -0.15) is 10.2 Å². The second kappa shape index (κ2) is 5.09. The number of nitro groups is 1. The molecule has 8 nitrogen and oxygen atoms in total. The van der Waals surface area contributed by atoms with Crippen molar-refractivity contribution >= 4 is 11.5 Å².